The number of nitrogens with zero attached hydrogens (tertiary/aromatic N) is 2. The highest BCUT2D eigenvalue weighted by Gasteiger charge is 2.22. The van der Waals surface area contributed by atoms with Crippen LogP contribution in [0, 0.1) is 0 Å². The summed E-state index contributed by atoms with van der Waals surface area (Å²) in [4.78, 5) is -0.119. The highest BCUT2D eigenvalue weighted by Crippen LogP contribution is 2.34. The molecule has 19 heavy (non-hydrogen) atoms. The van der Waals surface area contributed by atoms with E-state index >= 15 is 0 Å². The van der Waals surface area contributed by atoms with E-state index < -0.39 is 10.0 Å². The number of hydrogen-bond donors (Lipinski definition) is 0. The molecule has 0 aliphatic rings. The molecule has 1 aromatic carbocycles. The second kappa shape index (κ2) is 5.40. The van der Waals surface area contributed by atoms with Gasteiger partial charge in [-0.1, -0.05) is 23.2 Å². The van der Waals surface area contributed by atoms with Crippen LogP contribution in [-0.4, -0.2) is 24.2 Å². The lowest BCUT2D eigenvalue weighted by atomic mass is 10.3. The Bertz CT molecular complexity index is 684. The summed E-state index contributed by atoms with van der Waals surface area (Å²) < 4.78 is 30.6. The molecule has 1 heterocycles. The van der Waals surface area contributed by atoms with Crippen LogP contribution in [0.15, 0.2) is 35.5 Å². The second-order valence-electron chi connectivity index (χ2n) is 3.53. The van der Waals surface area contributed by atoms with Crippen LogP contribution in [0.5, 0.6) is 5.75 Å². The summed E-state index contributed by atoms with van der Waals surface area (Å²) in [5.74, 6) is 0.341. The fourth-order valence-electron chi connectivity index (χ4n) is 1.47. The van der Waals surface area contributed by atoms with Crippen molar-refractivity contribution >= 4 is 33.2 Å². The molecule has 2 aromatic rings. The van der Waals surface area contributed by atoms with Gasteiger partial charge in [0.05, 0.1) is 22.8 Å². The maximum absolute atomic E-state index is 12.3. The lowest BCUT2D eigenvalue weighted by molar-refractivity contribution is 0.340. The predicted octanol–water partition coefficient (Wildman–Crippen LogP) is 2.83. The molecule has 0 aliphatic carbocycles. The molecule has 1 aromatic heterocycles. The quantitative estimate of drug-likeness (QED) is 0.869. The molecule has 0 amide bonds. The smallest absolute Gasteiger partial charge is 0.284 e. The molecule has 0 saturated heterocycles. The van der Waals surface area contributed by atoms with Crippen LogP contribution in [0.1, 0.15) is 6.92 Å². The normalized spacial score (nSPS) is 11.5. The Morgan fingerprint density at radius 3 is 2.63 bits per heavy atom. The Hall–Kier alpha value is -1.24. The van der Waals surface area contributed by atoms with Crippen molar-refractivity contribution in [3.05, 3.63) is 40.6 Å². The average molecular weight is 321 g/mol. The van der Waals surface area contributed by atoms with E-state index in [0.717, 1.165) is 4.09 Å². The molecular weight excluding hydrogens is 311 g/mol. The van der Waals surface area contributed by atoms with Crippen molar-refractivity contribution in [2.75, 3.05) is 6.61 Å². The molecule has 0 radical (unpaired) electrons. The summed E-state index contributed by atoms with van der Waals surface area (Å²) >= 11 is 11.9. The molecule has 0 spiro atoms. The maximum atomic E-state index is 12.3. The van der Waals surface area contributed by atoms with Gasteiger partial charge in [-0.25, -0.2) is 0 Å². The SMILES string of the molecule is CCOc1cc(Cl)c(S(=O)(=O)n2cccn2)cc1Cl. The van der Waals surface area contributed by atoms with Gasteiger partial charge in [0, 0.05) is 12.3 Å². The Morgan fingerprint density at radius 1 is 1.32 bits per heavy atom. The monoisotopic (exact) mass is 320 g/mol. The van der Waals surface area contributed by atoms with Crippen molar-refractivity contribution in [1.29, 1.82) is 0 Å². The van der Waals surface area contributed by atoms with Gasteiger partial charge in [-0.15, -0.1) is 0 Å². The molecule has 102 valence electrons. The van der Waals surface area contributed by atoms with E-state index in [1.165, 1.54) is 30.6 Å². The first kappa shape index (κ1) is 14.2. The van der Waals surface area contributed by atoms with Gasteiger partial charge < -0.3 is 4.74 Å². The first-order valence-corrected chi connectivity index (χ1v) is 7.53. The van der Waals surface area contributed by atoms with Crippen LogP contribution >= 0.6 is 23.2 Å². The highest BCUT2D eigenvalue weighted by atomic mass is 35.5. The van der Waals surface area contributed by atoms with Gasteiger partial charge >= 0.3 is 0 Å². The van der Waals surface area contributed by atoms with Gasteiger partial charge in [-0.2, -0.15) is 17.6 Å². The summed E-state index contributed by atoms with van der Waals surface area (Å²) in [6.45, 7) is 2.19. The third-order valence-corrected chi connectivity index (χ3v) is 4.61. The maximum Gasteiger partial charge on any atom is 0.284 e. The molecule has 8 heteroatoms. The second-order valence-corrected chi connectivity index (χ2v) is 6.11. The number of halogens is 2. The number of rotatable bonds is 4. The van der Waals surface area contributed by atoms with Crippen LogP contribution in [0.4, 0.5) is 0 Å². The first-order chi connectivity index (χ1) is 8.96. The van der Waals surface area contributed by atoms with Crippen molar-refractivity contribution in [3.63, 3.8) is 0 Å². The van der Waals surface area contributed by atoms with Gasteiger partial charge in [-0.05, 0) is 19.1 Å². The fourth-order valence-corrected chi connectivity index (χ4v) is 3.38. The molecule has 0 aliphatic heterocycles. The minimum atomic E-state index is -3.85. The van der Waals surface area contributed by atoms with Crippen molar-refractivity contribution in [1.82, 2.24) is 9.19 Å². The highest BCUT2D eigenvalue weighted by molar-refractivity contribution is 7.90. The van der Waals surface area contributed by atoms with E-state index in [-0.39, 0.29) is 14.9 Å². The average Bonchev–Trinajstić information content (AvgIpc) is 2.88. The van der Waals surface area contributed by atoms with Crippen molar-refractivity contribution in [3.8, 4) is 5.75 Å². The van der Waals surface area contributed by atoms with Crippen LogP contribution in [0.25, 0.3) is 0 Å². The lowest BCUT2D eigenvalue weighted by Gasteiger charge is -2.10. The number of benzene rings is 1. The van der Waals surface area contributed by atoms with E-state index in [1.807, 2.05) is 0 Å². The third-order valence-electron chi connectivity index (χ3n) is 2.29. The summed E-state index contributed by atoms with van der Waals surface area (Å²) in [6, 6.07) is 4.14. The van der Waals surface area contributed by atoms with Gasteiger partial charge in [-0.3, -0.25) is 0 Å². The largest absolute Gasteiger partial charge is 0.492 e. The van der Waals surface area contributed by atoms with Crippen LogP contribution in [-0.2, 0) is 10.0 Å². The summed E-state index contributed by atoms with van der Waals surface area (Å²) in [5, 5.41) is 3.90. The molecule has 0 atom stereocenters. The summed E-state index contributed by atoms with van der Waals surface area (Å²) in [7, 11) is -3.85. The number of aromatic nitrogens is 2. The van der Waals surface area contributed by atoms with Crippen LogP contribution in [0.3, 0.4) is 0 Å². The standard InChI is InChI=1S/C11H10Cl2N2O3S/c1-2-18-10-6-9(13)11(7-8(10)12)19(16,17)15-5-3-4-14-15/h3-7H,2H2,1H3. The Kier molecular flexibility index (Phi) is 4.03. The molecular formula is C11H10Cl2N2O3S. The molecule has 0 fully saturated rings. The lowest BCUT2D eigenvalue weighted by Crippen LogP contribution is -2.14. The topological polar surface area (TPSA) is 61.2 Å². The van der Waals surface area contributed by atoms with Crippen molar-refractivity contribution < 1.29 is 13.2 Å². The Morgan fingerprint density at radius 2 is 2.05 bits per heavy atom. The van der Waals surface area contributed by atoms with Crippen molar-refractivity contribution in [2.24, 2.45) is 0 Å². The first-order valence-electron chi connectivity index (χ1n) is 5.34. The van der Waals surface area contributed by atoms with Gasteiger partial charge in [0.2, 0.25) is 0 Å². The van der Waals surface area contributed by atoms with E-state index in [4.69, 9.17) is 27.9 Å². The van der Waals surface area contributed by atoms with Gasteiger partial charge in [0.15, 0.2) is 0 Å². The molecule has 5 nitrogen and oxygen atoms in total. The van der Waals surface area contributed by atoms with Gasteiger partial charge in [0.1, 0.15) is 10.6 Å². The molecule has 0 N–H and O–H groups in total. The van der Waals surface area contributed by atoms with E-state index in [1.54, 1.807) is 6.92 Å². The van der Waals surface area contributed by atoms with Gasteiger partial charge in [0.25, 0.3) is 10.0 Å². The fraction of sp³-hybridized carbons (Fsp3) is 0.182. The predicted molar refractivity (Wildman–Crippen MR) is 72.4 cm³/mol. The molecule has 2 rings (SSSR count). The van der Waals surface area contributed by atoms with Crippen molar-refractivity contribution in [2.45, 2.75) is 11.8 Å². The minimum absolute atomic E-state index is 0.0309. The van der Waals surface area contributed by atoms with E-state index in [9.17, 15) is 8.42 Å². The summed E-state index contributed by atoms with van der Waals surface area (Å²) in [5.41, 5.74) is 0. The minimum Gasteiger partial charge on any atom is -0.492 e. The zero-order chi connectivity index (χ0) is 14.0. The molecule has 0 unspecified atom stereocenters. The zero-order valence-electron chi connectivity index (χ0n) is 9.88. The Labute approximate surface area is 120 Å². The third kappa shape index (κ3) is 2.70. The summed E-state index contributed by atoms with van der Waals surface area (Å²) in [6.07, 6.45) is 2.68. The Balaban J connectivity index is 2.55. The molecule has 0 saturated carbocycles. The van der Waals surface area contributed by atoms with Crippen LogP contribution in [0.2, 0.25) is 10.0 Å². The number of hydrogen-bond acceptors (Lipinski definition) is 4. The van der Waals surface area contributed by atoms with Crippen LogP contribution < -0.4 is 4.74 Å². The molecule has 0 bridgehead atoms. The van der Waals surface area contributed by atoms with E-state index in [2.05, 4.69) is 5.10 Å². The number of ether oxygens (including phenoxy) is 1. The zero-order valence-corrected chi connectivity index (χ0v) is 12.2. The van der Waals surface area contributed by atoms with E-state index in [0.29, 0.717) is 12.4 Å².